The number of carbonyl (C=O) groups excluding carboxylic acids is 1. The Morgan fingerprint density at radius 3 is 2.39 bits per heavy atom. The number of nitrogens with zero attached hydrogens (tertiary/aromatic N) is 5. The maximum Gasteiger partial charge on any atom is 0.274 e. The molecule has 0 bridgehead atoms. The number of nitrogens with one attached hydrogen (secondary N) is 1. The average molecular weight is 544 g/mol. The third-order valence-corrected chi connectivity index (χ3v) is 5.86. The summed E-state index contributed by atoms with van der Waals surface area (Å²) in [5.74, 6) is 0.992. The van der Waals surface area contributed by atoms with Crippen molar-refractivity contribution in [3.05, 3.63) is 39.9 Å². The second kappa shape index (κ2) is 12.2. The summed E-state index contributed by atoms with van der Waals surface area (Å²) in [4.78, 5) is 34.6. The van der Waals surface area contributed by atoms with Crippen molar-refractivity contribution in [2.24, 2.45) is 4.99 Å². The second-order valence-electron chi connectivity index (χ2n) is 7.79. The fourth-order valence-electron chi connectivity index (χ4n) is 4.09. The highest BCUT2D eigenvalue weighted by Gasteiger charge is 2.30. The number of guanidine groups is 1. The van der Waals surface area contributed by atoms with Crippen LogP contribution in [0.2, 0.25) is 0 Å². The van der Waals surface area contributed by atoms with Gasteiger partial charge in [0.05, 0.1) is 23.1 Å². The molecule has 2 fully saturated rings. The first-order valence-electron chi connectivity index (χ1n) is 10.8. The van der Waals surface area contributed by atoms with Gasteiger partial charge in [-0.1, -0.05) is 18.2 Å². The van der Waals surface area contributed by atoms with E-state index in [-0.39, 0.29) is 53.1 Å². The number of hydrogen-bond acceptors (Lipinski definition) is 5. The van der Waals surface area contributed by atoms with E-state index in [0.29, 0.717) is 5.56 Å². The highest BCUT2D eigenvalue weighted by molar-refractivity contribution is 14.0. The van der Waals surface area contributed by atoms with E-state index in [1.165, 1.54) is 6.07 Å². The van der Waals surface area contributed by atoms with Crippen LogP contribution in [0, 0.1) is 10.1 Å². The van der Waals surface area contributed by atoms with Crippen molar-refractivity contribution in [1.82, 2.24) is 20.0 Å². The molecule has 2 saturated heterocycles. The average Bonchev–Trinajstić information content (AvgIpc) is 3.31. The van der Waals surface area contributed by atoms with Gasteiger partial charge >= 0.3 is 0 Å². The molecule has 1 aromatic carbocycles. The Morgan fingerprint density at radius 1 is 1.13 bits per heavy atom. The molecule has 0 saturated carbocycles. The zero-order valence-corrected chi connectivity index (χ0v) is 20.7. The van der Waals surface area contributed by atoms with E-state index in [0.717, 1.165) is 64.6 Å². The molecule has 1 unspecified atom stereocenters. The lowest BCUT2D eigenvalue weighted by atomic mass is 10.2. The lowest BCUT2D eigenvalue weighted by Gasteiger charge is -2.39. The first-order valence-corrected chi connectivity index (χ1v) is 10.8. The van der Waals surface area contributed by atoms with Crippen LogP contribution in [0.1, 0.15) is 32.3 Å². The van der Waals surface area contributed by atoms with E-state index in [1.807, 2.05) is 18.7 Å². The first kappa shape index (κ1) is 25.3. The van der Waals surface area contributed by atoms with Crippen molar-refractivity contribution in [2.45, 2.75) is 39.3 Å². The fourth-order valence-corrected chi connectivity index (χ4v) is 4.09. The standard InChI is InChI=1S/C21H32N6O3.HI/c1-3-22-21(23-16-18-8-4-5-9-19(18)27(29)30)26-14-12-24(13-15-26)17(2)20(28)25-10-6-7-11-25;/h4-5,8-9,17H,3,6-7,10-16H2,1-2H3,(H,22,23);1H. The largest absolute Gasteiger partial charge is 0.357 e. The number of likely N-dealkylation sites (tertiary alicyclic amines) is 1. The van der Waals surface area contributed by atoms with Gasteiger partial charge in [0.2, 0.25) is 5.91 Å². The summed E-state index contributed by atoms with van der Waals surface area (Å²) in [7, 11) is 0. The quantitative estimate of drug-likeness (QED) is 0.194. The van der Waals surface area contributed by atoms with E-state index in [4.69, 9.17) is 0 Å². The topological polar surface area (TPSA) is 94.3 Å². The predicted octanol–water partition coefficient (Wildman–Crippen LogP) is 2.31. The molecule has 2 aliphatic heterocycles. The summed E-state index contributed by atoms with van der Waals surface area (Å²) >= 11 is 0. The van der Waals surface area contributed by atoms with Crippen LogP contribution in [0.15, 0.2) is 29.3 Å². The SMILES string of the molecule is CCNC(=NCc1ccccc1[N+](=O)[O-])N1CCN(C(C)C(=O)N2CCCC2)CC1.I. The number of para-hydroxylation sites is 1. The normalized spacial score (nSPS) is 18.5. The van der Waals surface area contributed by atoms with Crippen LogP contribution in [0.4, 0.5) is 5.69 Å². The molecule has 2 aliphatic rings. The van der Waals surface area contributed by atoms with Crippen LogP contribution < -0.4 is 5.32 Å². The highest BCUT2D eigenvalue weighted by atomic mass is 127. The van der Waals surface area contributed by atoms with Gasteiger partial charge in [0, 0.05) is 51.9 Å². The zero-order valence-electron chi connectivity index (χ0n) is 18.3. The molecule has 1 amide bonds. The summed E-state index contributed by atoms with van der Waals surface area (Å²) in [6.45, 7) is 9.85. The van der Waals surface area contributed by atoms with Crippen molar-refractivity contribution in [3.8, 4) is 0 Å². The van der Waals surface area contributed by atoms with Crippen LogP contribution in [0.5, 0.6) is 0 Å². The van der Waals surface area contributed by atoms with E-state index in [1.54, 1.807) is 18.2 Å². The lowest BCUT2D eigenvalue weighted by molar-refractivity contribution is -0.385. The Kier molecular flexibility index (Phi) is 9.94. The number of amides is 1. The number of aliphatic imine (C=N–C) groups is 1. The summed E-state index contributed by atoms with van der Waals surface area (Å²) in [5, 5.41) is 14.5. The Morgan fingerprint density at radius 2 is 1.77 bits per heavy atom. The lowest BCUT2D eigenvalue weighted by Crippen LogP contribution is -2.57. The summed E-state index contributed by atoms with van der Waals surface area (Å²) in [6.07, 6.45) is 2.21. The third-order valence-electron chi connectivity index (χ3n) is 5.86. The molecule has 0 radical (unpaired) electrons. The molecule has 1 aromatic rings. The van der Waals surface area contributed by atoms with Crippen LogP contribution in [-0.4, -0.2) is 83.3 Å². The minimum absolute atomic E-state index is 0. The number of piperazine rings is 1. The van der Waals surface area contributed by atoms with E-state index in [2.05, 4.69) is 20.1 Å². The van der Waals surface area contributed by atoms with Crippen molar-refractivity contribution in [3.63, 3.8) is 0 Å². The number of halogens is 1. The zero-order chi connectivity index (χ0) is 21.5. The number of carbonyl (C=O) groups is 1. The smallest absolute Gasteiger partial charge is 0.274 e. The molecule has 0 spiro atoms. The minimum atomic E-state index is -0.366. The van der Waals surface area contributed by atoms with Gasteiger partial charge in [-0.3, -0.25) is 19.8 Å². The highest BCUT2D eigenvalue weighted by Crippen LogP contribution is 2.19. The number of rotatable bonds is 6. The van der Waals surface area contributed by atoms with Gasteiger partial charge in [-0.25, -0.2) is 4.99 Å². The van der Waals surface area contributed by atoms with Crippen molar-refractivity contribution in [2.75, 3.05) is 45.8 Å². The minimum Gasteiger partial charge on any atom is -0.357 e. The number of nitro groups is 1. The van der Waals surface area contributed by atoms with Gasteiger partial charge < -0.3 is 15.1 Å². The van der Waals surface area contributed by atoms with E-state index >= 15 is 0 Å². The molecule has 9 nitrogen and oxygen atoms in total. The Labute approximate surface area is 201 Å². The molecule has 172 valence electrons. The van der Waals surface area contributed by atoms with Crippen molar-refractivity contribution < 1.29 is 9.72 Å². The van der Waals surface area contributed by atoms with Gasteiger partial charge in [-0.05, 0) is 26.7 Å². The first-order chi connectivity index (χ1) is 14.5. The third kappa shape index (κ3) is 6.52. The number of nitro benzene ring substituents is 1. The molecule has 1 atom stereocenters. The van der Waals surface area contributed by atoms with Crippen LogP contribution >= 0.6 is 24.0 Å². The Balaban J connectivity index is 0.00000341. The van der Waals surface area contributed by atoms with Crippen LogP contribution in [0.25, 0.3) is 0 Å². The fraction of sp³-hybridized carbons (Fsp3) is 0.619. The van der Waals surface area contributed by atoms with Gasteiger partial charge in [0.25, 0.3) is 5.69 Å². The van der Waals surface area contributed by atoms with E-state index < -0.39 is 0 Å². The molecule has 0 aliphatic carbocycles. The van der Waals surface area contributed by atoms with Gasteiger partial charge in [-0.2, -0.15) is 0 Å². The van der Waals surface area contributed by atoms with Crippen LogP contribution in [0.3, 0.4) is 0 Å². The van der Waals surface area contributed by atoms with Gasteiger partial charge in [0.1, 0.15) is 0 Å². The van der Waals surface area contributed by atoms with Gasteiger partial charge in [-0.15, -0.1) is 24.0 Å². The number of hydrogen-bond donors (Lipinski definition) is 1. The molecule has 10 heteroatoms. The van der Waals surface area contributed by atoms with Gasteiger partial charge in [0.15, 0.2) is 5.96 Å². The Hall–Kier alpha value is -1.95. The monoisotopic (exact) mass is 544 g/mol. The molecule has 31 heavy (non-hydrogen) atoms. The van der Waals surface area contributed by atoms with Crippen molar-refractivity contribution >= 4 is 41.5 Å². The number of benzene rings is 1. The molecular weight excluding hydrogens is 511 g/mol. The van der Waals surface area contributed by atoms with E-state index in [9.17, 15) is 14.9 Å². The second-order valence-corrected chi connectivity index (χ2v) is 7.79. The van der Waals surface area contributed by atoms with Crippen LogP contribution in [-0.2, 0) is 11.3 Å². The summed E-state index contributed by atoms with van der Waals surface area (Å²) in [6, 6.07) is 6.61. The maximum atomic E-state index is 12.7. The molecule has 1 N–H and O–H groups in total. The molecule has 2 heterocycles. The molecular formula is C21H33IN6O3. The molecule has 3 rings (SSSR count). The predicted molar refractivity (Wildman–Crippen MR) is 132 cm³/mol. The molecule has 0 aromatic heterocycles. The maximum absolute atomic E-state index is 12.7. The summed E-state index contributed by atoms with van der Waals surface area (Å²) < 4.78 is 0. The Bertz CT molecular complexity index is 776. The van der Waals surface area contributed by atoms with Crippen molar-refractivity contribution in [1.29, 1.82) is 0 Å². The summed E-state index contributed by atoms with van der Waals surface area (Å²) in [5.41, 5.74) is 0.692.